The number of rotatable bonds is 8. The first-order chi connectivity index (χ1) is 13.0. The van der Waals surface area contributed by atoms with Gasteiger partial charge in [0.15, 0.2) is 5.96 Å². The van der Waals surface area contributed by atoms with Gasteiger partial charge in [0, 0.05) is 16.2 Å². The predicted molar refractivity (Wildman–Crippen MR) is 127 cm³/mol. The van der Waals surface area contributed by atoms with Gasteiger partial charge in [-0.15, -0.1) is 24.0 Å². The SMILES string of the molecule is CCOc1ccc(OCC)c(NC(N)=NCC(=O)Nc2cccc(Br)c2)c1.I. The van der Waals surface area contributed by atoms with E-state index in [2.05, 4.69) is 31.6 Å². The molecule has 0 fully saturated rings. The number of hydrogen-bond donors (Lipinski definition) is 3. The maximum Gasteiger partial charge on any atom is 0.246 e. The maximum absolute atomic E-state index is 12.0. The smallest absolute Gasteiger partial charge is 0.246 e. The molecule has 0 saturated carbocycles. The fourth-order valence-corrected chi connectivity index (χ4v) is 2.65. The molecule has 0 aliphatic heterocycles. The van der Waals surface area contributed by atoms with Crippen LogP contribution in [0.25, 0.3) is 0 Å². The van der Waals surface area contributed by atoms with E-state index in [1.54, 1.807) is 24.3 Å². The molecule has 0 heterocycles. The third-order valence-corrected chi connectivity index (χ3v) is 3.82. The first-order valence-corrected chi connectivity index (χ1v) is 9.33. The molecule has 7 nitrogen and oxygen atoms in total. The number of anilines is 2. The number of benzene rings is 2. The lowest BCUT2D eigenvalue weighted by Crippen LogP contribution is -2.25. The van der Waals surface area contributed by atoms with Crippen LogP contribution in [-0.4, -0.2) is 31.6 Å². The Hall–Kier alpha value is -2.01. The molecule has 152 valence electrons. The molecule has 9 heteroatoms. The van der Waals surface area contributed by atoms with Crippen LogP contribution in [0.1, 0.15) is 13.8 Å². The van der Waals surface area contributed by atoms with Gasteiger partial charge in [0.25, 0.3) is 0 Å². The highest BCUT2D eigenvalue weighted by molar-refractivity contribution is 14.0. The van der Waals surface area contributed by atoms with Crippen molar-refractivity contribution >= 4 is 63.1 Å². The van der Waals surface area contributed by atoms with E-state index in [1.807, 2.05) is 32.0 Å². The Morgan fingerprint density at radius 3 is 2.54 bits per heavy atom. The van der Waals surface area contributed by atoms with E-state index in [1.165, 1.54) is 0 Å². The molecule has 0 atom stereocenters. The maximum atomic E-state index is 12.0. The lowest BCUT2D eigenvalue weighted by Gasteiger charge is -2.14. The molecule has 0 aliphatic carbocycles. The number of ether oxygens (including phenoxy) is 2. The standard InChI is InChI=1S/C19H23BrN4O3.HI/c1-3-26-15-8-9-17(27-4-2)16(11-15)24-19(21)22-12-18(25)23-14-7-5-6-13(20)10-14;/h5-11H,3-4,12H2,1-2H3,(H,23,25)(H3,21,22,24);1H. The molecular formula is C19H24BrIN4O3. The minimum Gasteiger partial charge on any atom is -0.494 e. The monoisotopic (exact) mass is 562 g/mol. The summed E-state index contributed by atoms with van der Waals surface area (Å²) in [6, 6.07) is 12.7. The molecule has 0 radical (unpaired) electrons. The van der Waals surface area contributed by atoms with E-state index in [4.69, 9.17) is 15.2 Å². The molecule has 0 aromatic heterocycles. The van der Waals surface area contributed by atoms with Crippen molar-refractivity contribution in [1.29, 1.82) is 0 Å². The molecule has 0 saturated heterocycles. The largest absolute Gasteiger partial charge is 0.494 e. The third kappa shape index (κ3) is 7.93. The van der Waals surface area contributed by atoms with Crippen molar-refractivity contribution in [2.45, 2.75) is 13.8 Å². The van der Waals surface area contributed by atoms with Gasteiger partial charge in [0.1, 0.15) is 18.0 Å². The number of carbonyl (C=O) groups excluding carboxylic acids is 1. The Bertz CT molecular complexity index is 818. The molecular weight excluding hydrogens is 539 g/mol. The summed E-state index contributed by atoms with van der Waals surface area (Å²) in [5, 5.41) is 5.71. The zero-order valence-electron chi connectivity index (χ0n) is 15.7. The number of halogens is 2. The summed E-state index contributed by atoms with van der Waals surface area (Å²) in [6.07, 6.45) is 0. The Morgan fingerprint density at radius 2 is 1.86 bits per heavy atom. The van der Waals surface area contributed by atoms with Crippen molar-refractivity contribution in [2.75, 3.05) is 30.4 Å². The Kier molecular flexibility index (Phi) is 10.7. The topological polar surface area (TPSA) is 98.0 Å². The van der Waals surface area contributed by atoms with Crippen LogP contribution in [0, 0.1) is 0 Å². The zero-order valence-corrected chi connectivity index (χ0v) is 19.6. The van der Waals surface area contributed by atoms with Crippen molar-refractivity contribution in [1.82, 2.24) is 0 Å². The summed E-state index contributed by atoms with van der Waals surface area (Å²) in [4.78, 5) is 16.1. The van der Waals surface area contributed by atoms with Gasteiger partial charge in [-0.05, 0) is 44.2 Å². The fourth-order valence-electron chi connectivity index (χ4n) is 2.25. The summed E-state index contributed by atoms with van der Waals surface area (Å²) < 4.78 is 11.9. The van der Waals surface area contributed by atoms with Crippen molar-refractivity contribution in [2.24, 2.45) is 10.7 Å². The van der Waals surface area contributed by atoms with Gasteiger partial charge >= 0.3 is 0 Å². The number of carbonyl (C=O) groups is 1. The number of guanidine groups is 1. The number of aliphatic imine (C=N–C) groups is 1. The fraction of sp³-hybridized carbons (Fsp3) is 0.263. The number of hydrogen-bond acceptors (Lipinski definition) is 4. The van der Waals surface area contributed by atoms with Gasteiger partial charge in [0.05, 0.1) is 18.9 Å². The molecule has 1 amide bonds. The summed E-state index contributed by atoms with van der Waals surface area (Å²) >= 11 is 3.36. The number of nitrogens with one attached hydrogen (secondary N) is 2. The lowest BCUT2D eigenvalue weighted by molar-refractivity contribution is -0.114. The highest BCUT2D eigenvalue weighted by atomic mass is 127. The average Bonchev–Trinajstić information content (AvgIpc) is 2.62. The van der Waals surface area contributed by atoms with Crippen molar-refractivity contribution < 1.29 is 14.3 Å². The molecule has 4 N–H and O–H groups in total. The van der Waals surface area contributed by atoms with Crippen molar-refractivity contribution in [3.8, 4) is 11.5 Å². The van der Waals surface area contributed by atoms with E-state index in [0.717, 1.165) is 4.47 Å². The highest BCUT2D eigenvalue weighted by Crippen LogP contribution is 2.29. The molecule has 2 aromatic carbocycles. The minimum absolute atomic E-state index is 0. The molecule has 0 bridgehead atoms. The quantitative estimate of drug-likeness (QED) is 0.254. The van der Waals surface area contributed by atoms with Crippen LogP contribution < -0.4 is 25.8 Å². The van der Waals surface area contributed by atoms with Crippen LogP contribution in [0.15, 0.2) is 51.9 Å². The summed E-state index contributed by atoms with van der Waals surface area (Å²) in [5.74, 6) is 1.14. The van der Waals surface area contributed by atoms with E-state index >= 15 is 0 Å². The average molecular weight is 563 g/mol. The first-order valence-electron chi connectivity index (χ1n) is 8.53. The second-order valence-corrected chi connectivity index (χ2v) is 6.32. The molecule has 0 aliphatic rings. The molecule has 0 unspecified atom stereocenters. The molecule has 0 spiro atoms. The summed E-state index contributed by atoms with van der Waals surface area (Å²) in [7, 11) is 0. The van der Waals surface area contributed by atoms with Crippen molar-refractivity contribution in [3.05, 3.63) is 46.9 Å². The summed E-state index contributed by atoms with van der Waals surface area (Å²) in [6.45, 7) is 4.75. The number of amides is 1. The van der Waals surface area contributed by atoms with Crippen LogP contribution in [0.3, 0.4) is 0 Å². The van der Waals surface area contributed by atoms with Crippen molar-refractivity contribution in [3.63, 3.8) is 0 Å². The van der Waals surface area contributed by atoms with E-state index in [0.29, 0.717) is 36.1 Å². The third-order valence-electron chi connectivity index (χ3n) is 3.33. The minimum atomic E-state index is -0.272. The van der Waals surface area contributed by atoms with Gasteiger partial charge < -0.3 is 25.8 Å². The van der Waals surface area contributed by atoms with Crippen LogP contribution in [-0.2, 0) is 4.79 Å². The van der Waals surface area contributed by atoms with E-state index < -0.39 is 0 Å². The first kappa shape index (κ1) is 24.0. The molecule has 2 aromatic rings. The molecule has 2 rings (SSSR count). The lowest BCUT2D eigenvalue weighted by atomic mass is 10.2. The zero-order chi connectivity index (χ0) is 19.6. The van der Waals surface area contributed by atoms with Crippen LogP contribution in [0.2, 0.25) is 0 Å². The Balaban J connectivity index is 0.00000392. The van der Waals surface area contributed by atoms with Crippen LogP contribution in [0.4, 0.5) is 11.4 Å². The molecule has 28 heavy (non-hydrogen) atoms. The number of nitrogens with two attached hydrogens (primary N) is 1. The Labute approximate surface area is 190 Å². The van der Waals surface area contributed by atoms with Crippen LogP contribution in [0.5, 0.6) is 11.5 Å². The highest BCUT2D eigenvalue weighted by Gasteiger charge is 2.08. The van der Waals surface area contributed by atoms with Gasteiger partial charge in [-0.25, -0.2) is 4.99 Å². The second-order valence-electron chi connectivity index (χ2n) is 5.41. The predicted octanol–water partition coefficient (Wildman–Crippen LogP) is 4.23. The van der Waals surface area contributed by atoms with Crippen LogP contribution >= 0.6 is 39.9 Å². The number of nitrogens with zero attached hydrogens (tertiary/aromatic N) is 1. The Morgan fingerprint density at radius 1 is 1.11 bits per heavy atom. The van der Waals surface area contributed by atoms with E-state index in [9.17, 15) is 4.79 Å². The van der Waals surface area contributed by atoms with E-state index in [-0.39, 0.29) is 42.4 Å². The normalized spacial score (nSPS) is 10.6. The van der Waals surface area contributed by atoms with Gasteiger partial charge in [0.2, 0.25) is 5.91 Å². The van der Waals surface area contributed by atoms with Gasteiger partial charge in [-0.3, -0.25) is 4.79 Å². The van der Waals surface area contributed by atoms with Gasteiger partial charge in [-0.1, -0.05) is 22.0 Å². The second kappa shape index (κ2) is 12.4. The van der Waals surface area contributed by atoms with Gasteiger partial charge in [-0.2, -0.15) is 0 Å². The summed E-state index contributed by atoms with van der Waals surface area (Å²) in [5.41, 5.74) is 7.22.